The Morgan fingerprint density at radius 1 is 0.359 bits per heavy atom. The van der Waals surface area contributed by atoms with Crippen molar-refractivity contribution in [1.29, 1.82) is 0 Å². The Labute approximate surface area is 782 Å². The number of carbonyl (C=O) groups excluding carboxylic acids is 8. The summed E-state index contributed by atoms with van der Waals surface area (Å²) in [6.45, 7) is 5.65. The highest BCUT2D eigenvalue weighted by molar-refractivity contribution is 6.31. The van der Waals surface area contributed by atoms with Gasteiger partial charge in [0.25, 0.3) is 0 Å². The SMILES string of the molecule is O=C(/C=C/c1ccc(Cl)cc1)NC[C@@H]1CCN(CC(c2ccccc2)c2ccccc2)C(=O)[C@H](CC(=O)N2CCCCC2)N1.O=C(/C=C/c1ccc(Cl)cc1)NC[C@@H]1CCN(CC(c2ccccc2)c2ccccc2)C(=O)[C@H](CC(=O)Nc2ccccn2)N1.O=C(/C=C/c1ccc(Cl)cc1)NC[C@@H]1CCN(CC(c2ccccc2)c2ccccc2)C(=O)[C@H](Cc2ccccn2)N1. The zero-order chi connectivity index (χ0) is 91.3. The van der Waals surface area contributed by atoms with Crippen molar-refractivity contribution < 1.29 is 38.4 Å². The van der Waals surface area contributed by atoms with E-state index in [1.165, 1.54) is 29.4 Å². The molecular weight excluding hydrogens is 1700 g/mol. The van der Waals surface area contributed by atoms with Crippen LogP contribution in [0.3, 0.4) is 0 Å². The van der Waals surface area contributed by atoms with Crippen LogP contribution in [0.15, 0.2) is 322 Å². The second-order valence-corrected chi connectivity index (χ2v) is 34.4. The first-order chi connectivity index (χ1) is 63.9. The molecule has 674 valence electrons. The van der Waals surface area contributed by atoms with Gasteiger partial charge in [-0.05, 0) is 167 Å². The fourth-order valence-corrected chi connectivity index (χ4v) is 17.1. The predicted octanol–water partition coefficient (Wildman–Crippen LogP) is 16.0. The fraction of sp³-hybridized carbons (Fsp3) is 0.271. The molecule has 7 N–H and O–H groups in total. The van der Waals surface area contributed by atoms with Crippen molar-refractivity contribution in [2.24, 2.45) is 0 Å². The minimum absolute atomic E-state index is 0.00551. The van der Waals surface area contributed by atoms with E-state index in [1.54, 1.807) is 85.2 Å². The lowest BCUT2D eigenvalue weighted by Crippen LogP contribution is -2.51. The number of likely N-dealkylation sites (tertiary alicyclic amines) is 1. The second-order valence-electron chi connectivity index (χ2n) is 33.1. The molecule has 0 bridgehead atoms. The number of pyridine rings is 2. The number of rotatable bonds is 31. The van der Waals surface area contributed by atoms with Crippen LogP contribution in [0, 0.1) is 0 Å². The number of anilines is 1. The summed E-state index contributed by atoms with van der Waals surface area (Å²) >= 11 is 17.9. The largest absolute Gasteiger partial charge is 0.351 e. The molecule has 6 heterocycles. The number of carbonyl (C=O) groups is 8. The van der Waals surface area contributed by atoms with Gasteiger partial charge in [-0.3, -0.25) is 43.3 Å². The van der Waals surface area contributed by atoms with Crippen molar-refractivity contribution in [3.05, 3.63) is 393 Å². The maximum atomic E-state index is 14.1. The maximum Gasteiger partial charge on any atom is 0.244 e. The van der Waals surface area contributed by atoms with E-state index in [2.05, 4.69) is 120 Å². The molecule has 0 unspecified atom stereocenters. The van der Waals surface area contributed by atoms with Gasteiger partial charge < -0.3 is 56.8 Å². The molecule has 0 aliphatic carbocycles. The third-order valence-electron chi connectivity index (χ3n) is 23.8. The monoisotopic (exact) mass is 1810 g/mol. The van der Waals surface area contributed by atoms with E-state index < -0.39 is 18.1 Å². The third-order valence-corrected chi connectivity index (χ3v) is 24.6. The average Bonchev–Trinajstić information content (AvgIpc) is 1.76. The van der Waals surface area contributed by atoms with E-state index in [9.17, 15) is 38.4 Å². The summed E-state index contributed by atoms with van der Waals surface area (Å²) < 4.78 is 0. The summed E-state index contributed by atoms with van der Waals surface area (Å²) in [7, 11) is 0. The summed E-state index contributed by atoms with van der Waals surface area (Å²) in [6.07, 6.45) is 18.6. The number of piperidine rings is 1. The molecule has 24 heteroatoms. The molecule has 8 amide bonds. The van der Waals surface area contributed by atoms with Gasteiger partial charge in [-0.25, -0.2) is 4.98 Å². The Hall–Kier alpha value is -13.0. The molecular formula is C107H112Cl3N13O8. The highest BCUT2D eigenvalue weighted by atomic mass is 35.5. The van der Waals surface area contributed by atoms with Crippen molar-refractivity contribution >= 4 is 106 Å². The number of halogens is 3. The van der Waals surface area contributed by atoms with Gasteiger partial charge >= 0.3 is 0 Å². The zero-order valence-corrected chi connectivity index (χ0v) is 75.5. The van der Waals surface area contributed by atoms with Crippen molar-refractivity contribution in [1.82, 2.24) is 61.5 Å². The Morgan fingerprint density at radius 3 is 1.00 bits per heavy atom. The average molecular weight is 1810 g/mol. The topological polar surface area (TPSA) is 260 Å². The Bertz CT molecular complexity index is 5430. The van der Waals surface area contributed by atoms with Crippen LogP contribution in [0.2, 0.25) is 15.1 Å². The highest BCUT2D eigenvalue weighted by Crippen LogP contribution is 2.32. The highest BCUT2D eigenvalue weighted by Gasteiger charge is 2.38. The summed E-state index contributed by atoms with van der Waals surface area (Å²) in [5, 5.41) is 24.0. The van der Waals surface area contributed by atoms with Gasteiger partial charge in [-0.15, -0.1) is 0 Å². The minimum atomic E-state index is -0.782. The lowest BCUT2D eigenvalue weighted by Gasteiger charge is -2.31. The Balaban J connectivity index is 0.000000167. The van der Waals surface area contributed by atoms with E-state index in [0.717, 1.165) is 77.0 Å². The van der Waals surface area contributed by atoms with Crippen LogP contribution in [0.1, 0.15) is 125 Å². The molecule has 21 nitrogen and oxygen atoms in total. The molecule has 0 spiro atoms. The third kappa shape index (κ3) is 30.3. The van der Waals surface area contributed by atoms with Crippen molar-refractivity contribution in [2.75, 3.05) is 77.3 Å². The van der Waals surface area contributed by atoms with E-state index >= 15 is 0 Å². The molecule has 0 radical (unpaired) electrons. The zero-order valence-electron chi connectivity index (χ0n) is 73.3. The smallest absolute Gasteiger partial charge is 0.244 e. The molecule has 4 aliphatic heterocycles. The Morgan fingerprint density at radius 2 is 0.672 bits per heavy atom. The number of nitrogens with zero attached hydrogens (tertiary/aromatic N) is 6. The molecule has 0 saturated carbocycles. The number of hydrogen-bond acceptors (Lipinski definition) is 13. The van der Waals surface area contributed by atoms with Gasteiger partial charge in [0, 0.05) is 166 Å². The molecule has 4 saturated heterocycles. The first-order valence-corrected chi connectivity index (χ1v) is 46.1. The minimum Gasteiger partial charge on any atom is -0.351 e. The van der Waals surface area contributed by atoms with E-state index in [0.29, 0.717) is 105 Å². The van der Waals surface area contributed by atoms with Gasteiger partial charge in [-0.2, -0.15) is 0 Å². The van der Waals surface area contributed by atoms with Gasteiger partial charge in [0.1, 0.15) is 5.82 Å². The standard InChI is InChI=1S/C36H36ClN5O3.C36H41ClN4O3.C35H35ClN4O2/c37-29-17-14-26(15-18-29)16-19-34(43)39-24-30-20-22-42(25-31(27-9-3-1-4-10-27)28-11-5-2-6-12-28)36(45)32(40-30)23-35(44)41-33-13-7-8-21-38-33;37-30-17-14-27(15-18-30)16-19-34(42)38-25-31-20-23-41(36(44)33(39-31)24-35(43)40-21-8-3-9-22-40)26-32(28-10-4-1-5-11-28)29-12-6-2-7-13-29;36-29-17-14-26(15-18-29)16-19-34(41)38-24-31-20-22-40(35(42)33(39-31)23-30-13-7-8-21-37-30)25-32(27-9-3-1-4-10-27)28-11-5-2-6-12-28/h1-19,21,30-32,40H,20,22-25H2,(H,39,43)(H,38,41,44);1-2,4-7,10-19,31-33,39H,3,8-9,20-26H2,(H,38,42);1-19,21,31-33,39H,20,22-25H2,(H,38,41)/b3*19-16+/t30-,32-;2*31-,33-/m000/s1. The number of amides is 8. The van der Waals surface area contributed by atoms with Crippen LogP contribution in [0.4, 0.5) is 5.82 Å². The molecule has 4 fully saturated rings. The number of hydrogen-bond donors (Lipinski definition) is 7. The number of aromatic nitrogens is 2. The van der Waals surface area contributed by atoms with Crippen molar-refractivity contribution in [3.63, 3.8) is 0 Å². The molecule has 4 aliphatic rings. The van der Waals surface area contributed by atoms with Gasteiger partial charge in [0.05, 0.1) is 31.0 Å². The van der Waals surface area contributed by atoms with Crippen LogP contribution >= 0.6 is 34.8 Å². The molecule has 131 heavy (non-hydrogen) atoms. The molecule has 6 atom stereocenters. The summed E-state index contributed by atoms with van der Waals surface area (Å²) in [4.78, 5) is 123. The van der Waals surface area contributed by atoms with Crippen LogP contribution in [-0.2, 0) is 44.8 Å². The first kappa shape index (κ1) is 95.6. The molecule has 2 aromatic heterocycles. The molecule has 11 aromatic rings. The summed E-state index contributed by atoms with van der Waals surface area (Å²) in [6, 6.07) is 91.9. The molecule has 15 rings (SSSR count). The van der Waals surface area contributed by atoms with E-state index in [-0.39, 0.29) is 96.0 Å². The maximum absolute atomic E-state index is 14.1. The van der Waals surface area contributed by atoms with E-state index in [4.69, 9.17) is 34.8 Å². The number of benzene rings is 9. The van der Waals surface area contributed by atoms with Crippen LogP contribution in [-0.4, -0.2) is 185 Å². The number of nitrogens with one attached hydrogen (secondary N) is 7. The first-order valence-electron chi connectivity index (χ1n) is 44.9. The van der Waals surface area contributed by atoms with Crippen LogP contribution in [0.5, 0.6) is 0 Å². The van der Waals surface area contributed by atoms with Gasteiger partial charge in [0.2, 0.25) is 47.3 Å². The predicted molar refractivity (Wildman–Crippen MR) is 521 cm³/mol. The fourth-order valence-electron chi connectivity index (χ4n) is 16.8. The van der Waals surface area contributed by atoms with Crippen LogP contribution < -0.4 is 37.2 Å². The Kier molecular flexibility index (Phi) is 36.7. The van der Waals surface area contributed by atoms with Gasteiger partial charge in [-0.1, -0.05) is 265 Å². The quantitative estimate of drug-likeness (QED) is 0.0200. The summed E-state index contributed by atoms with van der Waals surface area (Å²) in [5.41, 5.74) is 10.3. The van der Waals surface area contributed by atoms with Crippen molar-refractivity contribution in [3.8, 4) is 0 Å². The lowest BCUT2D eigenvalue weighted by atomic mass is 9.90. The molecule has 9 aromatic carbocycles. The van der Waals surface area contributed by atoms with Crippen LogP contribution in [0.25, 0.3) is 18.2 Å². The van der Waals surface area contributed by atoms with Gasteiger partial charge in [0.15, 0.2) is 0 Å². The lowest BCUT2D eigenvalue weighted by molar-refractivity contribution is -0.139. The van der Waals surface area contributed by atoms with Crippen molar-refractivity contribution in [2.45, 2.75) is 112 Å². The normalized spacial score (nSPS) is 17.8. The second kappa shape index (κ2) is 50.3. The summed E-state index contributed by atoms with van der Waals surface area (Å²) in [5.74, 6) is -0.730. The van der Waals surface area contributed by atoms with E-state index in [1.807, 2.05) is 183 Å².